The predicted molar refractivity (Wildman–Crippen MR) is 126 cm³/mol. The lowest BCUT2D eigenvalue weighted by molar-refractivity contribution is 0.336. The number of aromatic nitrogens is 1. The zero-order valence-electron chi connectivity index (χ0n) is 19.5. The molecular weight excluding hydrogens is 358 g/mol. The van der Waals surface area contributed by atoms with Crippen molar-refractivity contribution >= 4 is 0 Å². The first-order valence-corrected chi connectivity index (χ1v) is 12.4. The first-order valence-electron chi connectivity index (χ1n) is 12.4. The summed E-state index contributed by atoms with van der Waals surface area (Å²) in [7, 11) is 0. The summed E-state index contributed by atoms with van der Waals surface area (Å²) in [5.41, 5.74) is 1.23. The van der Waals surface area contributed by atoms with Crippen LogP contribution in [0.15, 0.2) is 23.8 Å². The van der Waals surface area contributed by atoms with Crippen molar-refractivity contribution in [2.24, 2.45) is 0 Å². The van der Waals surface area contributed by atoms with E-state index in [-0.39, 0.29) is 17.8 Å². The maximum absolute atomic E-state index is 10.1. The van der Waals surface area contributed by atoms with Gasteiger partial charge in [0.2, 0.25) is 0 Å². The fourth-order valence-corrected chi connectivity index (χ4v) is 4.30. The van der Waals surface area contributed by atoms with E-state index in [1.807, 2.05) is 0 Å². The molecule has 2 N–H and O–H groups in total. The van der Waals surface area contributed by atoms with Gasteiger partial charge in [0.1, 0.15) is 0 Å². The monoisotopic (exact) mass is 405 g/mol. The molecule has 0 aromatic carbocycles. The van der Waals surface area contributed by atoms with Crippen LogP contribution in [0.3, 0.4) is 0 Å². The highest BCUT2D eigenvalue weighted by molar-refractivity contribution is 5.27. The molecular formula is C26H47NO2. The van der Waals surface area contributed by atoms with E-state index >= 15 is 0 Å². The van der Waals surface area contributed by atoms with E-state index in [1.54, 1.807) is 16.7 Å². The maximum Gasteiger partial charge on any atom is 0.194 e. The van der Waals surface area contributed by atoms with E-state index in [4.69, 9.17) is 0 Å². The summed E-state index contributed by atoms with van der Waals surface area (Å²) < 4.78 is 1.67. The fraction of sp³-hybridized carbons (Fsp3) is 0.769. The van der Waals surface area contributed by atoms with Gasteiger partial charge in [0.05, 0.1) is 6.04 Å². The minimum atomic E-state index is 0.0577. The molecule has 0 saturated carbocycles. The van der Waals surface area contributed by atoms with Crippen LogP contribution in [0.1, 0.15) is 130 Å². The van der Waals surface area contributed by atoms with Gasteiger partial charge in [0.15, 0.2) is 11.8 Å². The molecule has 0 aliphatic heterocycles. The molecule has 1 rings (SSSR count). The van der Waals surface area contributed by atoms with Crippen LogP contribution in [0.4, 0.5) is 0 Å². The number of hydrogen-bond acceptors (Lipinski definition) is 2. The van der Waals surface area contributed by atoms with Gasteiger partial charge in [-0.3, -0.25) is 4.57 Å². The van der Waals surface area contributed by atoms with Crippen LogP contribution in [0.25, 0.3) is 0 Å². The van der Waals surface area contributed by atoms with Gasteiger partial charge in [-0.05, 0) is 19.8 Å². The molecule has 0 aliphatic rings. The lowest BCUT2D eigenvalue weighted by atomic mass is 9.99. The highest BCUT2D eigenvalue weighted by Crippen LogP contribution is 2.34. The fourth-order valence-electron chi connectivity index (χ4n) is 4.30. The second-order valence-electron chi connectivity index (χ2n) is 8.68. The summed E-state index contributed by atoms with van der Waals surface area (Å²) in [5, 5.41) is 20.2. The molecule has 1 atom stereocenters. The predicted octanol–water partition coefficient (Wildman–Crippen LogP) is 8.67. The summed E-state index contributed by atoms with van der Waals surface area (Å²) in [4.78, 5) is 0. The largest absolute Gasteiger partial charge is 0.494 e. The van der Waals surface area contributed by atoms with E-state index < -0.39 is 0 Å². The molecule has 1 aromatic heterocycles. The summed E-state index contributed by atoms with van der Waals surface area (Å²) in [6.07, 6.45) is 23.2. The van der Waals surface area contributed by atoms with Crippen molar-refractivity contribution in [1.82, 2.24) is 4.57 Å². The molecule has 1 unspecified atom stereocenters. The molecule has 0 aliphatic carbocycles. The average molecular weight is 406 g/mol. The first-order chi connectivity index (χ1) is 14.1. The Morgan fingerprint density at radius 2 is 1.17 bits per heavy atom. The quantitative estimate of drug-likeness (QED) is 0.189. The molecule has 3 heteroatoms. The number of allylic oxidation sites excluding steroid dienone is 2. The average Bonchev–Trinajstić information content (AvgIpc) is 3.03. The van der Waals surface area contributed by atoms with Crippen molar-refractivity contribution in [3.8, 4) is 11.8 Å². The Hall–Kier alpha value is -1.38. The number of rotatable bonds is 18. The van der Waals surface area contributed by atoms with E-state index in [1.165, 1.54) is 89.0 Å². The maximum atomic E-state index is 10.1. The van der Waals surface area contributed by atoms with Gasteiger partial charge < -0.3 is 10.2 Å². The van der Waals surface area contributed by atoms with Crippen molar-refractivity contribution in [3.63, 3.8) is 0 Å². The summed E-state index contributed by atoms with van der Waals surface area (Å²) in [6.45, 7) is 6.51. The van der Waals surface area contributed by atoms with Crippen molar-refractivity contribution in [2.75, 3.05) is 0 Å². The number of unbranched alkanes of at least 4 members (excludes halogenated alkanes) is 13. The molecule has 0 bridgehead atoms. The minimum Gasteiger partial charge on any atom is -0.494 e. The van der Waals surface area contributed by atoms with Crippen LogP contribution < -0.4 is 0 Å². The first kappa shape index (κ1) is 25.7. The minimum absolute atomic E-state index is 0.0577. The molecule has 0 fully saturated rings. The Morgan fingerprint density at radius 1 is 0.759 bits per heavy atom. The van der Waals surface area contributed by atoms with Gasteiger partial charge in [-0.1, -0.05) is 115 Å². The lowest BCUT2D eigenvalue weighted by Gasteiger charge is -2.22. The van der Waals surface area contributed by atoms with Gasteiger partial charge in [-0.2, -0.15) is 0 Å². The Morgan fingerprint density at radius 3 is 1.59 bits per heavy atom. The number of nitrogens with zero attached hydrogens (tertiary/aromatic N) is 1. The van der Waals surface area contributed by atoms with Crippen LogP contribution in [0.2, 0.25) is 0 Å². The van der Waals surface area contributed by atoms with E-state index in [0.29, 0.717) is 0 Å². The molecule has 0 amide bonds. The highest BCUT2D eigenvalue weighted by atomic mass is 16.3. The Bertz CT molecular complexity index is 527. The SMILES string of the molecule is CCC=C(C)C(CCCCCCCCCCCCCCCC)n1c(O)ccc1O. The van der Waals surface area contributed by atoms with Gasteiger partial charge in [0, 0.05) is 12.1 Å². The van der Waals surface area contributed by atoms with Gasteiger partial charge in [0.25, 0.3) is 0 Å². The van der Waals surface area contributed by atoms with Crippen molar-refractivity contribution in [3.05, 3.63) is 23.8 Å². The van der Waals surface area contributed by atoms with Crippen molar-refractivity contribution in [1.29, 1.82) is 0 Å². The third-order valence-electron chi connectivity index (χ3n) is 6.07. The van der Waals surface area contributed by atoms with Crippen LogP contribution in [0, 0.1) is 0 Å². The smallest absolute Gasteiger partial charge is 0.194 e. The van der Waals surface area contributed by atoms with E-state index in [2.05, 4.69) is 26.8 Å². The van der Waals surface area contributed by atoms with Crippen molar-refractivity contribution < 1.29 is 10.2 Å². The zero-order chi connectivity index (χ0) is 21.3. The van der Waals surface area contributed by atoms with Gasteiger partial charge in [-0.15, -0.1) is 0 Å². The summed E-state index contributed by atoms with van der Waals surface area (Å²) in [6, 6.07) is 3.21. The molecule has 0 saturated heterocycles. The van der Waals surface area contributed by atoms with Gasteiger partial charge >= 0.3 is 0 Å². The topological polar surface area (TPSA) is 45.4 Å². The molecule has 1 heterocycles. The number of hydrogen-bond donors (Lipinski definition) is 2. The van der Waals surface area contributed by atoms with E-state index in [9.17, 15) is 10.2 Å². The van der Waals surface area contributed by atoms with Crippen LogP contribution >= 0.6 is 0 Å². The standard InChI is InChI=1S/C26H47NO2/c1-4-6-7-8-9-10-11-12-13-14-15-16-17-18-20-24(23(3)19-5-2)27-25(28)21-22-26(27)29/h19,21-22,24,28-29H,4-18,20H2,1-3H3. The second-order valence-corrected chi connectivity index (χ2v) is 8.68. The molecule has 29 heavy (non-hydrogen) atoms. The molecule has 1 aromatic rings. The lowest BCUT2D eigenvalue weighted by Crippen LogP contribution is -2.10. The van der Waals surface area contributed by atoms with Crippen LogP contribution in [-0.4, -0.2) is 14.8 Å². The Kier molecular flexibility index (Phi) is 14.5. The number of aromatic hydroxyl groups is 2. The molecule has 168 valence electrons. The van der Waals surface area contributed by atoms with E-state index in [0.717, 1.165) is 19.3 Å². The zero-order valence-corrected chi connectivity index (χ0v) is 19.5. The van der Waals surface area contributed by atoms with Gasteiger partial charge in [-0.25, -0.2) is 0 Å². The third-order valence-corrected chi connectivity index (χ3v) is 6.07. The summed E-state index contributed by atoms with van der Waals surface area (Å²) in [5.74, 6) is 0.309. The summed E-state index contributed by atoms with van der Waals surface area (Å²) >= 11 is 0. The van der Waals surface area contributed by atoms with Crippen molar-refractivity contribution in [2.45, 2.75) is 130 Å². The molecule has 0 radical (unpaired) electrons. The highest BCUT2D eigenvalue weighted by Gasteiger charge is 2.18. The molecule has 0 spiro atoms. The van der Waals surface area contributed by atoms with Crippen LogP contribution in [-0.2, 0) is 0 Å². The second kappa shape index (κ2) is 16.4. The van der Waals surface area contributed by atoms with Crippen LogP contribution in [0.5, 0.6) is 11.8 Å². The normalized spacial score (nSPS) is 13.1. The third kappa shape index (κ3) is 10.8. The Labute approximate surface area is 180 Å². The Balaban J connectivity index is 2.13. The molecule has 3 nitrogen and oxygen atoms in total.